The van der Waals surface area contributed by atoms with Gasteiger partial charge in [0.15, 0.2) is 0 Å². The SMILES string of the molecule is CCN(CCOC)c1ccc(-n2nc(C)c3c4ccccc4c(=O)[nH]c32)cc1. The van der Waals surface area contributed by atoms with Crippen molar-refractivity contribution in [3.8, 4) is 5.69 Å². The molecule has 0 unspecified atom stereocenters. The molecule has 4 rings (SSSR count). The molecule has 0 atom stereocenters. The fourth-order valence-corrected chi connectivity index (χ4v) is 3.70. The second-order valence-electron chi connectivity index (χ2n) is 6.81. The fraction of sp³-hybridized carbons (Fsp3) is 0.273. The van der Waals surface area contributed by atoms with Crippen molar-refractivity contribution < 1.29 is 4.74 Å². The number of anilines is 1. The summed E-state index contributed by atoms with van der Waals surface area (Å²) >= 11 is 0. The zero-order valence-electron chi connectivity index (χ0n) is 16.4. The summed E-state index contributed by atoms with van der Waals surface area (Å²) in [5, 5.41) is 7.30. The Morgan fingerprint density at radius 3 is 2.50 bits per heavy atom. The summed E-state index contributed by atoms with van der Waals surface area (Å²) in [6, 6.07) is 15.9. The van der Waals surface area contributed by atoms with Crippen LogP contribution in [0.15, 0.2) is 53.3 Å². The minimum absolute atomic E-state index is 0.0995. The minimum atomic E-state index is -0.0995. The van der Waals surface area contributed by atoms with Gasteiger partial charge in [-0.1, -0.05) is 18.2 Å². The van der Waals surface area contributed by atoms with Crippen LogP contribution >= 0.6 is 0 Å². The zero-order chi connectivity index (χ0) is 19.7. The van der Waals surface area contributed by atoms with E-state index in [1.807, 2.05) is 48.0 Å². The van der Waals surface area contributed by atoms with Crippen LogP contribution in [0.4, 0.5) is 5.69 Å². The monoisotopic (exact) mass is 376 g/mol. The van der Waals surface area contributed by atoms with Gasteiger partial charge in [-0.15, -0.1) is 0 Å². The lowest BCUT2D eigenvalue weighted by Crippen LogP contribution is -2.26. The average molecular weight is 376 g/mol. The third-order valence-electron chi connectivity index (χ3n) is 5.14. The number of hydrogen-bond donors (Lipinski definition) is 1. The van der Waals surface area contributed by atoms with E-state index in [9.17, 15) is 4.79 Å². The summed E-state index contributed by atoms with van der Waals surface area (Å²) in [5.41, 5.74) is 3.56. The molecule has 0 bridgehead atoms. The maximum absolute atomic E-state index is 12.6. The third-order valence-corrected chi connectivity index (χ3v) is 5.14. The van der Waals surface area contributed by atoms with Crippen LogP contribution in [0.5, 0.6) is 0 Å². The lowest BCUT2D eigenvalue weighted by molar-refractivity contribution is 0.205. The Bertz CT molecular complexity index is 1180. The van der Waals surface area contributed by atoms with Gasteiger partial charge in [0, 0.05) is 42.0 Å². The number of nitrogens with zero attached hydrogens (tertiary/aromatic N) is 3. The number of benzene rings is 2. The molecule has 0 aliphatic heterocycles. The van der Waals surface area contributed by atoms with Gasteiger partial charge in [-0.3, -0.25) is 4.79 Å². The van der Waals surface area contributed by atoms with Crippen LogP contribution < -0.4 is 10.5 Å². The van der Waals surface area contributed by atoms with Gasteiger partial charge in [0.2, 0.25) is 0 Å². The average Bonchev–Trinajstić information content (AvgIpc) is 3.05. The summed E-state index contributed by atoms with van der Waals surface area (Å²) in [7, 11) is 1.71. The van der Waals surface area contributed by atoms with Crippen molar-refractivity contribution >= 4 is 27.5 Å². The zero-order valence-corrected chi connectivity index (χ0v) is 16.4. The number of nitrogens with one attached hydrogen (secondary N) is 1. The molecule has 4 aromatic rings. The van der Waals surface area contributed by atoms with Crippen LogP contribution in [-0.4, -0.2) is 41.6 Å². The number of aryl methyl sites for hydroxylation is 1. The summed E-state index contributed by atoms with van der Waals surface area (Å²) in [6.07, 6.45) is 0. The third kappa shape index (κ3) is 3.05. The first-order valence-corrected chi connectivity index (χ1v) is 9.48. The van der Waals surface area contributed by atoms with Crippen molar-refractivity contribution in [3.05, 3.63) is 64.6 Å². The predicted molar refractivity (Wildman–Crippen MR) is 114 cm³/mol. The second-order valence-corrected chi connectivity index (χ2v) is 6.81. The van der Waals surface area contributed by atoms with Crippen LogP contribution in [-0.2, 0) is 4.74 Å². The summed E-state index contributed by atoms with van der Waals surface area (Å²) in [6.45, 7) is 6.54. The van der Waals surface area contributed by atoms with Gasteiger partial charge in [0.1, 0.15) is 5.65 Å². The molecule has 28 heavy (non-hydrogen) atoms. The van der Waals surface area contributed by atoms with Crippen LogP contribution in [0.2, 0.25) is 0 Å². The van der Waals surface area contributed by atoms with Crippen molar-refractivity contribution in [2.75, 3.05) is 31.7 Å². The Hall–Kier alpha value is -3.12. The number of ether oxygens (including phenoxy) is 1. The highest BCUT2D eigenvalue weighted by atomic mass is 16.5. The molecule has 0 spiro atoms. The Balaban J connectivity index is 1.81. The first-order valence-electron chi connectivity index (χ1n) is 9.48. The highest BCUT2D eigenvalue weighted by molar-refractivity contribution is 6.05. The van der Waals surface area contributed by atoms with Gasteiger partial charge in [0.25, 0.3) is 5.56 Å². The molecule has 0 aliphatic rings. The lowest BCUT2D eigenvalue weighted by Gasteiger charge is -2.22. The molecule has 0 amide bonds. The molecule has 0 fully saturated rings. The fourth-order valence-electron chi connectivity index (χ4n) is 3.70. The molecule has 2 heterocycles. The maximum Gasteiger partial charge on any atom is 0.257 e. The van der Waals surface area contributed by atoms with E-state index in [4.69, 9.17) is 9.84 Å². The molecular formula is C22H24N4O2. The number of aromatic amines is 1. The predicted octanol–water partition coefficient (Wildman–Crippen LogP) is 3.65. The van der Waals surface area contributed by atoms with Crippen molar-refractivity contribution in [3.63, 3.8) is 0 Å². The van der Waals surface area contributed by atoms with E-state index in [0.717, 1.165) is 46.6 Å². The van der Waals surface area contributed by atoms with Crippen molar-refractivity contribution in [2.24, 2.45) is 0 Å². The Morgan fingerprint density at radius 1 is 1.11 bits per heavy atom. The van der Waals surface area contributed by atoms with Gasteiger partial charge in [0.05, 0.1) is 18.0 Å². The Labute approximate surface area is 163 Å². The summed E-state index contributed by atoms with van der Waals surface area (Å²) in [4.78, 5) is 17.8. The van der Waals surface area contributed by atoms with E-state index in [0.29, 0.717) is 12.0 Å². The minimum Gasteiger partial charge on any atom is -0.383 e. The van der Waals surface area contributed by atoms with Crippen LogP contribution in [0, 0.1) is 6.92 Å². The topological polar surface area (TPSA) is 63.1 Å². The van der Waals surface area contributed by atoms with E-state index in [2.05, 4.69) is 28.9 Å². The van der Waals surface area contributed by atoms with Crippen LogP contribution in [0.25, 0.3) is 27.5 Å². The van der Waals surface area contributed by atoms with Gasteiger partial charge in [-0.25, -0.2) is 4.68 Å². The quantitative estimate of drug-likeness (QED) is 0.558. The first-order chi connectivity index (χ1) is 13.6. The molecule has 144 valence electrons. The van der Waals surface area contributed by atoms with Gasteiger partial charge >= 0.3 is 0 Å². The number of rotatable bonds is 6. The Morgan fingerprint density at radius 2 is 1.82 bits per heavy atom. The van der Waals surface area contributed by atoms with E-state index in [-0.39, 0.29) is 5.56 Å². The summed E-state index contributed by atoms with van der Waals surface area (Å²) in [5.74, 6) is 0. The normalized spacial score (nSPS) is 11.4. The Kier molecular flexibility index (Phi) is 4.88. The molecule has 0 aliphatic carbocycles. The molecule has 1 N–H and O–H groups in total. The molecule has 2 aromatic carbocycles. The van der Waals surface area contributed by atoms with Gasteiger partial charge in [-0.05, 0) is 44.2 Å². The molecule has 2 aromatic heterocycles. The van der Waals surface area contributed by atoms with Crippen molar-refractivity contribution in [2.45, 2.75) is 13.8 Å². The van der Waals surface area contributed by atoms with E-state index in [1.54, 1.807) is 7.11 Å². The van der Waals surface area contributed by atoms with Crippen LogP contribution in [0.3, 0.4) is 0 Å². The molecule has 6 heteroatoms. The van der Waals surface area contributed by atoms with Gasteiger partial charge in [-0.2, -0.15) is 5.10 Å². The maximum atomic E-state index is 12.6. The van der Waals surface area contributed by atoms with E-state index in [1.165, 1.54) is 0 Å². The molecule has 0 saturated heterocycles. The van der Waals surface area contributed by atoms with E-state index >= 15 is 0 Å². The number of aromatic nitrogens is 3. The number of H-pyrrole nitrogens is 1. The number of pyridine rings is 1. The highest BCUT2D eigenvalue weighted by Crippen LogP contribution is 2.27. The number of likely N-dealkylation sites (N-methyl/N-ethyl adjacent to an activating group) is 1. The standard InChI is InChI=1S/C22H24N4O2/c1-4-25(13-14-28-3)16-9-11-17(12-10-16)26-21-20(15(2)24-26)18-7-5-6-8-19(18)22(27)23-21/h5-12H,4,13-14H2,1-3H3,(H,23,27). The largest absolute Gasteiger partial charge is 0.383 e. The smallest absolute Gasteiger partial charge is 0.257 e. The molecule has 0 saturated carbocycles. The first kappa shape index (κ1) is 18.3. The van der Waals surface area contributed by atoms with Gasteiger partial charge < -0.3 is 14.6 Å². The number of fused-ring (bicyclic) bond motifs is 3. The van der Waals surface area contributed by atoms with Crippen LogP contribution in [0.1, 0.15) is 12.6 Å². The molecular weight excluding hydrogens is 352 g/mol. The van der Waals surface area contributed by atoms with Crippen molar-refractivity contribution in [1.82, 2.24) is 14.8 Å². The molecule has 6 nitrogen and oxygen atoms in total. The van der Waals surface area contributed by atoms with Crippen molar-refractivity contribution in [1.29, 1.82) is 0 Å². The number of hydrogen-bond acceptors (Lipinski definition) is 4. The second kappa shape index (κ2) is 7.48. The molecule has 0 radical (unpaired) electrons. The van der Waals surface area contributed by atoms with E-state index < -0.39 is 0 Å². The lowest BCUT2D eigenvalue weighted by atomic mass is 10.1. The summed E-state index contributed by atoms with van der Waals surface area (Å²) < 4.78 is 7.01. The highest BCUT2D eigenvalue weighted by Gasteiger charge is 2.15. The number of methoxy groups -OCH3 is 1.